The van der Waals surface area contributed by atoms with E-state index < -0.39 is 0 Å². The largest absolute Gasteiger partial charge is 0.345 e. The van der Waals surface area contributed by atoms with Gasteiger partial charge in [0.15, 0.2) is 4.51 Å². The van der Waals surface area contributed by atoms with E-state index in [1.165, 1.54) is 22.3 Å². The Morgan fingerprint density at radius 2 is 2.20 bits per heavy atom. The first-order valence-electron chi connectivity index (χ1n) is 5.15. The van der Waals surface area contributed by atoms with E-state index in [1.54, 1.807) is 0 Å². The van der Waals surface area contributed by atoms with Crippen molar-refractivity contribution in [2.45, 2.75) is 17.0 Å². The van der Waals surface area contributed by atoms with Gasteiger partial charge in [-0.3, -0.25) is 0 Å². The van der Waals surface area contributed by atoms with Crippen LogP contribution in [0.3, 0.4) is 0 Å². The molecule has 0 amide bonds. The normalized spacial score (nSPS) is 34.9. The van der Waals surface area contributed by atoms with Gasteiger partial charge in [0.05, 0.1) is 0 Å². The summed E-state index contributed by atoms with van der Waals surface area (Å²) in [5.41, 5.74) is 5.63. The van der Waals surface area contributed by atoms with Crippen molar-refractivity contribution in [2.75, 3.05) is 0 Å². The fourth-order valence-electron chi connectivity index (χ4n) is 2.62. The van der Waals surface area contributed by atoms with Crippen LogP contribution in [0, 0.1) is 0 Å². The first-order valence-corrected chi connectivity index (χ1v) is 5.94. The second-order valence-electron chi connectivity index (χ2n) is 4.30. The van der Waals surface area contributed by atoms with Crippen LogP contribution >= 0.6 is 15.9 Å². The van der Waals surface area contributed by atoms with Gasteiger partial charge in [0.2, 0.25) is 0 Å². The van der Waals surface area contributed by atoms with Crippen LogP contribution in [0.4, 0.5) is 0 Å². The van der Waals surface area contributed by atoms with Crippen LogP contribution in [0.15, 0.2) is 42.0 Å². The quantitative estimate of drug-likeness (QED) is 0.516. The van der Waals surface area contributed by atoms with Crippen molar-refractivity contribution in [3.8, 4) is 0 Å². The molecule has 1 saturated heterocycles. The molecule has 2 heteroatoms. The van der Waals surface area contributed by atoms with Gasteiger partial charge < -0.3 is 4.74 Å². The second kappa shape index (κ2) is 2.45. The molecule has 4 rings (SSSR count). The van der Waals surface area contributed by atoms with Crippen LogP contribution in [0.5, 0.6) is 0 Å². The van der Waals surface area contributed by atoms with Crippen LogP contribution in [-0.4, -0.2) is 10.6 Å². The topological polar surface area (TPSA) is 12.5 Å². The van der Waals surface area contributed by atoms with Crippen molar-refractivity contribution in [2.24, 2.45) is 0 Å². The predicted octanol–water partition coefficient (Wildman–Crippen LogP) is 3.06. The number of allylic oxidation sites excluding steroid dienone is 2. The maximum atomic E-state index is 5.68. The Bertz CT molecular complexity index is 529. The molecule has 3 aliphatic rings. The van der Waals surface area contributed by atoms with Gasteiger partial charge in [0.1, 0.15) is 6.10 Å². The molecule has 15 heavy (non-hydrogen) atoms. The Morgan fingerprint density at radius 3 is 3.13 bits per heavy atom. The molecule has 0 bridgehead atoms. The van der Waals surface area contributed by atoms with Gasteiger partial charge in [-0.15, -0.1) is 0 Å². The van der Waals surface area contributed by atoms with E-state index >= 15 is 0 Å². The maximum absolute atomic E-state index is 5.68. The van der Waals surface area contributed by atoms with E-state index in [0.717, 1.165) is 6.42 Å². The monoisotopic (exact) mass is 260 g/mol. The number of benzene rings is 1. The number of epoxide rings is 1. The molecule has 0 radical (unpaired) electrons. The molecule has 2 aliphatic carbocycles. The predicted molar refractivity (Wildman–Crippen MR) is 62.7 cm³/mol. The minimum absolute atomic E-state index is 0.173. The van der Waals surface area contributed by atoms with Crippen molar-refractivity contribution < 1.29 is 4.74 Å². The third-order valence-corrected chi connectivity index (χ3v) is 4.29. The van der Waals surface area contributed by atoms with E-state index in [1.807, 2.05) is 0 Å². The average molecular weight is 261 g/mol. The lowest BCUT2D eigenvalue weighted by Crippen LogP contribution is -2.08. The van der Waals surface area contributed by atoms with Gasteiger partial charge in [-0.1, -0.05) is 30.3 Å². The van der Waals surface area contributed by atoms with Gasteiger partial charge in [-0.25, -0.2) is 0 Å². The summed E-state index contributed by atoms with van der Waals surface area (Å²) in [6.45, 7) is 0. The number of hydrogen-bond acceptors (Lipinski definition) is 1. The molecule has 0 aromatic heterocycles. The fraction of sp³-hybridized carbons (Fsp3) is 0.231. The lowest BCUT2D eigenvalue weighted by molar-refractivity contribution is 0.397. The molecule has 0 spiro atoms. The Balaban J connectivity index is 1.90. The highest BCUT2D eigenvalue weighted by Gasteiger charge is 2.57. The third-order valence-electron chi connectivity index (χ3n) is 3.43. The smallest absolute Gasteiger partial charge is 0.172 e. The highest BCUT2D eigenvalue weighted by molar-refractivity contribution is 9.10. The first-order chi connectivity index (χ1) is 7.28. The number of rotatable bonds is 0. The number of hydrogen-bond donors (Lipinski definition) is 0. The van der Waals surface area contributed by atoms with Crippen molar-refractivity contribution in [1.82, 2.24) is 0 Å². The van der Waals surface area contributed by atoms with Gasteiger partial charge >= 0.3 is 0 Å². The van der Waals surface area contributed by atoms with Crippen LogP contribution in [-0.2, 0) is 11.2 Å². The van der Waals surface area contributed by atoms with E-state index in [4.69, 9.17) is 4.74 Å². The lowest BCUT2D eigenvalue weighted by atomic mass is 9.98. The summed E-state index contributed by atoms with van der Waals surface area (Å²) in [6.07, 6.45) is 5.64. The Hall–Kier alpha value is -0.860. The van der Waals surface area contributed by atoms with Crippen LogP contribution in [0.1, 0.15) is 11.1 Å². The number of alkyl halides is 1. The molecule has 1 aromatic carbocycles. The Kier molecular flexibility index (Phi) is 1.35. The zero-order valence-corrected chi connectivity index (χ0v) is 9.62. The van der Waals surface area contributed by atoms with Crippen LogP contribution in [0.2, 0.25) is 0 Å². The zero-order valence-electron chi connectivity index (χ0n) is 8.03. The van der Waals surface area contributed by atoms with Crippen LogP contribution < -0.4 is 0 Å². The highest BCUT2D eigenvalue weighted by Crippen LogP contribution is 2.55. The summed E-state index contributed by atoms with van der Waals surface area (Å²) in [4.78, 5) is 0. The molecule has 1 aliphatic heterocycles. The average Bonchev–Trinajstić information content (AvgIpc) is 2.81. The summed E-state index contributed by atoms with van der Waals surface area (Å²) in [6, 6.07) is 8.62. The lowest BCUT2D eigenvalue weighted by Gasteiger charge is -2.07. The molecule has 74 valence electrons. The molecule has 1 nitrogen and oxygen atoms in total. The van der Waals surface area contributed by atoms with E-state index in [-0.39, 0.29) is 10.6 Å². The Labute approximate surface area is 96.6 Å². The number of halogens is 1. The van der Waals surface area contributed by atoms with Crippen LogP contribution in [0.25, 0.3) is 5.57 Å². The molecule has 2 unspecified atom stereocenters. The summed E-state index contributed by atoms with van der Waals surface area (Å²) in [5, 5.41) is 0. The van der Waals surface area contributed by atoms with Gasteiger partial charge in [-0.05, 0) is 50.7 Å². The molecule has 2 atom stereocenters. The van der Waals surface area contributed by atoms with Crippen molar-refractivity contribution in [3.63, 3.8) is 0 Å². The number of ether oxygens (including phenoxy) is 1. The standard InChI is InChI=1S/C13H9BrO/c14-13-6-5-10-9-4-2-1-3-8(9)7-11(10)12(13)15-13/h1-6,12H,7H2. The van der Waals surface area contributed by atoms with E-state index in [0.29, 0.717) is 0 Å². The minimum Gasteiger partial charge on any atom is -0.345 e. The van der Waals surface area contributed by atoms with Crippen molar-refractivity contribution in [1.29, 1.82) is 0 Å². The molecule has 1 fully saturated rings. The zero-order chi connectivity index (χ0) is 10.0. The molecular formula is C13H9BrO. The van der Waals surface area contributed by atoms with Crippen molar-refractivity contribution in [3.05, 3.63) is 53.1 Å². The van der Waals surface area contributed by atoms with Gasteiger partial charge in [-0.2, -0.15) is 0 Å². The van der Waals surface area contributed by atoms with Crippen molar-refractivity contribution >= 4 is 21.5 Å². The molecule has 1 heterocycles. The van der Waals surface area contributed by atoms with E-state index in [2.05, 4.69) is 52.3 Å². The maximum Gasteiger partial charge on any atom is 0.172 e. The first kappa shape index (κ1) is 8.31. The molecule has 1 aromatic rings. The summed E-state index contributed by atoms with van der Waals surface area (Å²) in [7, 11) is 0. The number of fused-ring (bicyclic) bond motifs is 4. The fourth-order valence-corrected chi connectivity index (χ4v) is 3.22. The second-order valence-corrected chi connectivity index (χ2v) is 5.54. The summed E-state index contributed by atoms with van der Waals surface area (Å²) < 4.78 is 5.51. The minimum atomic E-state index is -0.173. The summed E-state index contributed by atoms with van der Waals surface area (Å²) in [5.74, 6) is 0. The summed E-state index contributed by atoms with van der Waals surface area (Å²) >= 11 is 3.60. The SMILES string of the molecule is BrC12C=CC3=C(Cc4ccccc43)C1O2. The highest BCUT2D eigenvalue weighted by atomic mass is 79.9. The van der Waals surface area contributed by atoms with Gasteiger partial charge in [0.25, 0.3) is 0 Å². The van der Waals surface area contributed by atoms with E-state index in [9.17, 15) is 0 Å². The van der Waals surface area contributed by atoms with Gasteiger partial charge in [0, 0.05) is 0 Å². The molecule has 0 saturated carbocycles. The molecular weight excluding hydrogens is 252 g/mol. The third kappa shape index (κ3) is 0.963. The molecule has 0 N–H and O–H groups in total. The Morgan fingerprint density at radius 1 is 1.33 bits per heavy atom.